The predicted molar refractivity (Wildman–Crippen MR) is 106 cm³/mol. The first-order valence-electron chi connectivity index (χ1n) is 8.47. The summed E-state index contributed by atoms with van der Waals surface area (Å²) in [7, 11) is 0. The molecule has 0 spiro atoms. The van der Waals surface area contributed by atoms with Crippen LogP contribution in [0.15, 0.2) is 48.5 Å². The zero-order chi connectivity index (χ0) is 17.1. The molecule has 3 rings (SSSR count). The van der Waals surface area contributed by atoms with E-state index in [1.807, 2.05) is 53.4 Å². The van der Waals surface area contributed by atoms with Crippen molar-refractivity contribution >= 4 is 35.6 Å². The van der Waals surface area contributed by atoms with Crippen molar-refractivity contribution in [1.82, 2.24) is 4.90 Å². The van der Waals surface area contributed by atoms with Crippen LogP contribution in [0.3, 0.4) is 0 Å². The monoisotopic (exact) mass is 378 g/mol. The van der Waals surface area contributed by atoms with E-state index >= 15 is 0 Å². The largest absolute Gasteiger partial charge is 0.399 e. The summed E-state index contributed by atoms with van der Waals surface area (Å²) in [6, 6.07) is 15.9. The van der Waals surface area contributed by atoms with Crippen LogP contribution in [0.25, 0.3) is 0 Å². The molecule has 1 unspecified atom stereocenters. The molecular formula is C20H24Cl2N2O. The molecule has 0 aliphatic heterocycles. The van der Waals surface area contributed by atoms with Crippen molar-refractivity contribution in [2.24, 2.45) is 0 Å². The summed E-state index contributed by atoms with van der Waals surface area (Å²) in [5, 5.41) is 0.718. The van der Waals surface area contributed by atoms with Gasteiger partial charge in [0, 0.05) is 23.2 Å². The molecule has 1 atom stereocenters. The van der Waals surface area contributed by atoms with Gasteiger partial charge in [0.2, 0.25) is 5.91 Å². The Balaban J connectivity index is 0.00000225. The first kappa shape index (κ1) is 19.6. The van der Waals surface area contributed by atoms with E-state index in [0.29, 0.717) is 18.9 Å². The fourth-order valence-electron chi connectivity index (χ4n) is 3.18. The molecule has 0 saturated heterocycles. The Kier molecular flexibility index (Phi) is 6.74. The van der Waals surface area contributed by atoms with E-state index < -0.39 is 0 Å². The van der Waals surface area contributed by atoms with Crippen LogP contribution in [0, 0.1) is 0 Å². The summed E-state index contributed by atoms with van der Waals surface area (Å²) >= 11 is 6.33. The summed E-state index contributed by atoms with van der Waals surface area (Å²) in [6.07, 6.45) is 3.30. The van der Waals surface area contributed by atoms with Crippen molar-refractivity contribution in [2.75, 3.05) is 5.73 Å². The van der Waals surface area contributed by atoms with Crippen molar-refractivity contribution in [2.45, 2.75) is 44.7 Å². The van der Waals surface area contributed by atoms with Gasteiger partial charge in [0.25, 0.3) is 0 Å². The standard InChI is InChI=1S/C20H23ClN2O.ClH/c1-14(17-7-3-4-8-18(17)21)23(16-11-12-16)20(24)13-10-15-6-2-5-9-19(15)22;/h2-9,14,16H,10-13,22H2,1H3;1H. The molecule has 25 heavy (non-hydrogen) atoms. The first-order chi connectivity index (χ1) is 11.6. The Bertz CT molecular complexity index is 731. The molecule has 2 aromatic carbocycles. The maximum Gasteiger partial charge on any atom is 0.223 e. The van der Waals surface area contributed by atoms with Crippen LogP contribution >= 0.6 is 24.0 Å². The van der Waals surface area contributed by atoms with Gasteiger partial charge in [-0.05, 0) is 49.4 Å². The van der Waals surface area contributed by atoms with Crippen LogP contribution in [0.4, 0.5) is 5.69 Å². The molecule has 3 nitrogen and oxygen atoms in total. The molecular weight excluding hydrogens is 355 g/mol. The molecule has 2 aromatic rings. The Morgan fingerprint density at radius 1 is 1.20 bits per heavy atom. The van der Waals surface area contributed by atoms with E-state index in [9.17, 15) is 4.79 Å². The Morgan fingerprint density at radius 3 is 2.48 bits per heavy atom. The number of carbonyl (C=O) groups excluding carboxylic acids is 1. The molecule has 0 heterocycles. The SMILES string of the molecule is CC(c1ccccc1Cl)N(C(=O)CCc1ccccc1N)C1CC1.Cl. The average molecular weight is 379 g/mol. The number of amides is 1. The maximum atomic E-state index is 12.9. The lowest BCUT2D eigenvalue weighted by Crippen LogP contribution is -2.35. The lowest BCUT2D eigenvalue weighted by Gasteiger charge is -2.30. The van der Waals surface area contributed by atoms with Crippen molar-refractivity contribution in [3.8, 4) is 0 Å². The number of hydrogen-bond acceptors (Lipinski definition) is 2. The van der Waals surface area contributed by atoms with Gasteiger partial charge in [-0.3, -0.25) is 4.79 Å². The third kappa shape index (κ3) is 4.68. The molecule has 134 valence electrons. The zero-order valence-corrected chi connectivity index (χ0v) is 15.9. The number of nitrogen functional groups attached to an aromatic ring is 1. The summed E-state index contributed by atoms with van der Waals surface area (Å²) < 4.78 is 0. The third-order valence-corrected chi connectivity index (χ3v) is 5.01. The zero-order valence-electron chi connectivity index (χ0n) is 14.3. The van der Waals surface area contributed by atoms with Crippen LogP contribution in [-0.4, -0.2) is 16.8 Å². The molecule has 1 aliphatic rings. The number of anilines is 1. The summed E-state index contributed by atoms with van der Waals surface area (Å²) in [4.78, 5) is 14.9. The van der Waals surface area contributed by atoms with Crippen molar-refractivity contribution in [1.29, 1.82) is 0 Å². The van der Waals surface area contributed by atoms with Crippen molar-refractivity contribution in [3.05, 3.63) is 64.7 Å². The second-order valence-electron chi connectivity index (χ2n) is 6.43. The van der Waals surface area contributed by atoms with E-state index in [4.69, 9.17) is 17.3 Å². The minimum Gasteiger partial charge on any atom is -0.399 e. The quantitative estimate of drug-likeness (QED) is 0.716. The highest BCUT2D eigenvalue weighted by atomic mass is 35.5. The van der Waals surface area contributed by atoms with Crippen LogP contribution in [0.5, 0.6) is 0 Å². The highest BCUT2D eigenvalue weighted by Gasteiger charge is 2.36. The van der Waals surface area contributed by atoms with E-state index in [-0.39, 0.29) is 24.4 Å². The fourth-order valence-corrected chi connectivity index (χ4v) is 3.48. The first-order valence-corrected chi connectivity index (χ1v) is 8.84. The van der Waals surface area contributed by atoms with Crippen molar-refractivity contribution < 1.29 is 4.79 Å². The number of benzene rings is 2. The van der Waals surface area contributed by atoms with Crippen LogP contribution in [-0.2, 0) is 11.2 Å². The molecule has 2 N–H and O–H groups in total. The minimum atomic E-state index is -0.00757. The molecule has 5 heteroatoms. The van der Waals surface area contributed by atoms with Gasteiger partial charge >= 0.3 is 0 Å². The van der Waals surface area contributed by atoms with E-state index in [0.717, 1.165) is 34.7 Å². The fraction of sp³-hybridized carbons (Fsp3) is 0.350. The molecule has 0 radical (unpaired) electrons. The number of para-hydroxylation sites is 1. The van der Waals surface area contributed by atoms with Crippen LogP contribution in [0.2, 0.25) is 5.02 Å². The van der Waals surface area contributed by atoms with Gasteiger partial charge in [0.05, 0.1) is 6.04 Å². The lowest BCUT2D eigenvalue weighted by atomic mass is 10.0. The average Bonchev–Trinajstić information content (AvgIpc) is 3.39. The van der Waals surface area contributed by atoms with E-state index in [2.05, 4.69) is 6.92 Å². The second kappa shape index (κ2) is 8.59. The van der Waals surface area contributed by atoms with Gasteiger partial charge in [-0.1, -0.05) is 48.0 Å². The molecule has 1 amide bonds. The maximum absolute atomic E-state index is 12.9. The number of nitrogens with two attached hydrogens (primary N) is 1. The van der Waals surface area contributed by atoms with Gasteiger partial charge in [0.15, 0.2) is 0 Å². The number of hydrogen-bond donors (Lipinski definition) is 1. The predicted octanol–water partition coefficient (Wildman–Crippen LogP) is 5.03. The number of rotatable bonds is 6. The molecule has 0 bridgehead atoms. The topological polar surface area (TPSA) is 46.3 Å². The number of carbonyl (C=O) groups is 1. The Hall–Kier alpha value is -1.71. The smallest absolute Gasteiger partial charge is 0.223 e. The van der Waals surface area contributed by atoms with Gasteiger partial charge in [-0.25, -0.2) is 0 Å². The number of aryl methyl sites for hydroxylation is 1. The van der Waals surface area contributed by atoms with Crippen molar-refractivity contribution in [3.63, 3.8) is 0 Å². The van der Waals surface area contributed by atoms with E-state index in [1.54, 1.807) is 0 Å². The lowest BCUT2D eigenvalue weighted by molar-refractivity contribution is -0.134. The highest BCUT2D eigenvalue weighted by Crippen LogP contribution is 2.37. The van der Waals surface area contributed by atoms with Crippen LogP contribution in [0.1, 0.15) is 43.4 Å². The summed E-state index contributed by atoms with van der Waals surface area (Å²) in [5.74, 6) is 0.174. The van der Waals surface area contributed by atoms with Gasteiger partial charge in [-0.2, -0.15) is 0 Å². The number of halogens is 2. The molecule has 1 aliphatic carbocycles. The normalized spacial score (nSPS) is 14.5. The van der Waals surface area contributed by atoms with Gasteiger partial charge in [-0.15, -0.1) is 12.4 Å². The van der Waals surface area contributed by atoms with Crippen LogP contribution < -0.4 is 5.73 Å². The second-order valence-corrected chi connectivity index (χ2v) is 6.84. The van der Waals surface area contributed by atoms with Gasteiger partial charge in [0.1, 0.15) is 0 Å². The Morgan fingerprint density at radius 2 is 1.84 bits per heavy atom. The molecule has 1 fully saturated rings. The summed E-state index contributed by atoms with van der Waals surface area (Å²) in [5.41, 5.74) is 8.78. The summed E-state index contributed by atoms with van der Waals surface area (Å²) in [6.45, 7) is 2.06. The van der Waals surface area contributed by atoms with E-state index in [1.165, 1.54) is 0 Å². The minimum absolute atomic E-state index is 0. The van der Waals surface area contributed by atoms with Gasteiger partial charge < -0.3 is 10.6 Å². The third-order valence-electron chi connectivity index (χ3n) is 4.66. The Labute approximate surface area is 160 Å². The molecule has 1 saturated carbocycles. The molecule has 0 aromatic heterocycles. The number of nitrogens with zero attached hydrogens (tertiary/aromatic N) is 1. The highest BCUT2D eigenvalue weighted by molar-refractivity contribution is 6.31.